The third-order valence-corrected chi connectivity index (χ3v) is 5.65. The summed E-state index contributed by atoms with van der Waals surface area (Å²) >= 11 is 0. The lowest BCUT2D eigenvalue weighted by Gasteiger charge is -2.33. The Morgan fingerprint density at radius 1 is 1.12 bits per heavy atom. The molecule has 4 nitrogen and oxygen atoms in total. The van der Waals surface area contributed by atoms with Gasteiger partial charge < -0.3 is 10.2 Å². The topological polar surface area (TPSA) is 49.4 Å². The highest BCUT2D eigenvalue weighted by atomic mass is 19.1. The van der Waals surface area contributed by atoms with Gasteiger partial charge in [-0.15, -0.1) is 0 Å². The number of carbonyl (C=O) groups is 2. The van der Waals surface area contributed by atoms with Gasteiger partial charge in [-0.25, -0.2) is 4.39 Å². The molecule has 1 saturated carbocycles. The van der Waals surface area contributed by atoms with Crippen LogP contribution in [0.3, 0.4) is 0 Å². The summed E-state index contributed by atoms with van der Waals surface area (Å²) in [5.74, 6) is 0.166. The molecular weight excluding hydrogens is 319 g/mol. The van der Waals surface area contributed by atoms with E-state index < -0.39 is 0 Å². The highest BCUT2D eigenvalue weighted by molar-refractivity contribution is 5.81. The summed E-state index contributed by atoms with van der Waals surface area (Å²) in [4.78, 5) is 26.8. The minimum atomic E-state index is -0.284. The zero-order valence-electron chi connectivity index (χ0n) is 14.9. The van der Waals surface area contributed by atoms with Gasteiger partial charge in [0.25, 0.3) is 0 Å². The number of benzene rings is 1. The van der Waals surface area contributed by atoms with Crippen molar-refractivity contribution < 1.29 is 14.0 Å². The zero-order valence-corrected chi connectivity index (χ0v) is 14.9. The van der Waals surface area contributed by atoms with Crippen LogP contribution in [0.15, 0.2) is 18.2 Å². The second kappa shape index (κ2) is 7.98. The SMILES string of the molecule is Cc1ccc(F)cc1CNC(=O)C1CCN(C(=O)C2CCCC2)CC1. The van der Waals surface area contributed by atoms with Gasteiger partial charge in [0, 0.05) is 31.5 Å². The first-order chi connectivity index (χ1) is 12.0. The van der Waals surface area contributed by atoms with Gasteiger partial charge in [-0.2, -0.15) is 0 Å². The lowest BCUT2D eigenvalue weighted by molar-refractivity contribution is -0.139. The molecule has 2 amide bonds. The Labute approximate surface area is 148 Å². The van der Waals surface area contributed by atoms with E-state index in [0.29, 0.717) is 32.5 Å². The Hall–Kier alpha value is -1.91. The fourth-order valence-electron chi connectivity index (χ4n) is 3.95. The summed E-state index contributed by atoms with van der Waals surface area (Å²) in [6.07, 6.45) is 5.79. The van der Waals surface area contributed by atoms with E-state index in [0.717, 1.165) is 36.8 Å². The second-order valence-electron chi connectivity index (χ2n) is 7.37. The lowest BCUT2D eigenvalue weighted by atomic mass is 9.94. The fourth-order valence-corrected chi connectivity index (χ4v) is 3.95. The van der Waals surface area contributed by atoms with E-state index in [1.54, 1.807) is 6.07 Å². The summed E-state index contributed by atoms with van der Waals surface area (Å²) < 4.78 is 13.3. The first-order valence-corrected chi connectivity index (χ1v) is 9.36. The van der Waals surface area contributed by atoms with Gasteiger partial charge >= 0.3 is 0 Å². The van der Waals surface area contributed by atoms with Crippen LogP contribution < -0.4 is 5.32 Å². The third-order valence-electron chi connectivity index (χ3n) is 5.65. The number of halogens is 1. The van der Waals surface area contributed by atoms with Crippen molar-refractivity contribution in [1.82, 2.24) is 10.2 Å². The van der Waals surface area contributed by atoms with E-state index in [1.165, 1.54) is 12.1 Å². The van der Waals surface area contributed by atoms with E-state index in [2.05, 4.69) is 5.32 Å². The largest absolute Gasteiger partial charge is 0.352 e. The van der Waals surface area contributed by atoms with Gasteiger partial charge in [0.05, 0.1) is 0 Å². The molecule has 1 N–H and O–H groups in total. The molecule has 0 radical (unpaired) electrons. The van der Waals surface area contributed by atoms with Crippen LogP contribution in [0.4, 0.5) is 4.39 Å². The van der Waals surface area contributed by atoms with E-state index >= 15 is 0 Å². The Balaban J connectivity index is 1.46. The van der Waals surface area contributed by atoms with Gasteiger partial charge in [0.2, 0.25) is 11.8 Å². The van der Waals surface area contributed by atoms with Crippen LogP contribution >= 0.6 is 0 Å². The molecule has 1 aromatic carbocycles. The molecule has 25 heavy (non-hydrogen) atoms. The fraction of sp³-hybridized carbons (Fsp3) is 0.600. The summed E-state index contributed by atoms with van der Waals surface area (Å²) in [6.45, 7) is 3.61. The van der Waals surface area contributed by atoms with E-state index in [-0.39, 0.29) is 29.5 Å². The summed E-state index contributed by atoms with van der Waals surface area (Å²) in [7, 11) is 0. The van der Waals surface area contributed by atoms with Crippen LogP contribution in [-0.4, -0.2) is 29.8 Å². The summed E-state index contributed by atoms with van der Waals surface area (Å²) in [5, 5.41) is 2.93. The van der Waals surface area contributed by atoms with Crippen LogP contribution in [0.25, 0.3) is 0 Å². The van der Waals surface area contributed by atoms with Gasteiger partial charge in [0.15, 0.2) is 0 Å². The number of carbonyl (C=O) groups excluding carboxylic acids is 2. The molecule has 1 heterocycles. The number of likely N-dealkylation sites (tertiary alicyclic amines) is 1. The third kappa shape index (κ3) is 4.39. The van der Waals surface area contributed by atoms with Crippen LogP contribution in [0.2, 0.25) is 0 Å². The Kier molecular flexibility index (Phi) is 5.71. The van der Waals surface area contributed by atoms with Crippen molar-refractivity contribution in [3.05, 3.63) is 35.1 Å². The minimum absolute atomic E-state index is 0.0108. The molecular formula is C20H27FN2O2. The molecule has 1 saturated heterocycles. The van der Waals surface area contributed by atoms with Gasteiger partial charge in [-0.05, 0) is 55.9 Å². The van der Waals surface area contributed by atoms with Gasteiger partial charge in [0.1, 0.15) is 5.82 Å². The molecule has 1 aromatic rings. The number of hydrogen-bond donors (Lipinski definition) is 1. The Bertz CT molecular complexity index is 633. The Morgan fingerprint density at radius 2 is 1.80 bits per heavy atom. The van der Waals surface area contributed by atoms with Gasteiger partial charge in [-0.3, -0.25) is 9.59 Å². The second-order valence-corrected chi connectivity index (χ2v) is 7.37. The van der Waals surface area contributed by atoms with Crippen molar-refractivity contribution >= 4 is 11.8 Å². The number of nitrogens with one attached hydrogen (secondary N) is 1. The van der Waals surface area contributed by atoms with Crippen molar-refractivity contribution in [2.24, 2.45) is 11.8 Å². The lowest BCUT2D eigenvalue weighted by Crippen LogP contribution is -2.44. The number of aryl methyl sites for hydroxylation is 1. The smallest absolute Gasteiger partial charge is 0.225 e. The molecule has 0 unspecified atom stereocenters. The molecule has 2 aliphatic rings. The number of nitrogens with zero attached hydrogens (tertiary/aromatic N) is 1. The van der Waals surface area contributed by atoms with Gasteiger partial charge in [-0.1, -0.05) is 18.9 Å². The number of amides is 2. The van der Waals surface area contributed by atoms with Crippen molar-refractivity contribution in [1.29, 1.82) is 0 Å². The van der Waals surface area contributed by atoms with Crippen molar-refractivity contribution in [3.8, 4) is 0 Å². The molecule has 3 rings (SSSR count). The molecule has 136 valence electrons. The zero-order chi connectivity index (χ0) is 17.8. The van der Waals surface area contributed by atoms with Crippen LogP contribution in [0, 0.1) is 24.6 Å². The first-order valence-electron chi connectivity index (χ1n) is 9.36. The molecule has 1 aliphatic carbocycles. The normalized spacial score (nSPS) is 19.2. The maximum Gasteiger partial charge on any atom is 0.225 e. The standard InChI is InChI=1S/C20H27FN2O2/c1-14-6-7-18(21)12-17(14)13-22-19(24)15-8-10-23(11-9-15)20(25)16-4-2-3-5-16/h6-7,12,15-16H,2-5,8-11,13H2,1H3,(H,22,24). The van der Waals surface area contributed by atoms with Crippen molar-refractivity contribution in [2.45, 2.75) is 52.0 Å². The van der Waals surface area contributed by atoms with Crippen LogP contribution in [0.1, 0.15) is 49.7 Å². The van der Waals surface area contributed by atoms with Crippen LogP contribution in [-0.2, 0) is 16.1 Å². The minimum Gasteiger partial charge on any atom is -0.352 e. The molecule has 5 heteroatoms. The summed E-state index contributed by atoms with van der Waals surface area (Å²) in [5.41, 5.74) is 1.78. The maximum absolute atomic E-state index is 13.3. The van der Waals surface area contributed by atoms with E-state index in [1.807, 2.05) is 11.8 Å². The monoisotopic (exact) mass is 346 g/mol. The van der Waals surface area contributed by atoms with Crippen molar-refractivity contribution in [2.75, 3.05) is 13.1 Å². The quantitative estimate of drug-likeness (QED) is 0.910. The average molecular weight is 346 g/mol. The number of hydrogen-bond acceptors (Lipinski definition) is 2. The van der Waals surface area contributed by atoms with Crippen molar-refractivity contribution in [3.63, 3.8) is 0 Å². The molecule has 1 aliphatic heterocycles. The average Bonchev–Trinajstić information content (AvgIpc) is 3.16. The van der Waals surface area contributed by atoms with E-state index in [9.17, 15) is 14.0 Å². The molecule has 0 spiro atoms. The van der Waals surface area contributed by atoms with E-state index in [4.69, 9.17) is 0 Å². The maximum atomic E-state index is 13.3. The predicted octanol–water partition coefficient (Wildman–Crippen LogP) is 3.18. The Morgan fingerprint density at radius 3 is 2.48 bits per heavy atom. The number of piperidine rings is 1. The first kappa shape index (κ1) is 17.9. The molecule has 0 atom stereocenters. The molecule has 2 fully saturated rings. The highest BCUT2D eigenvalue weighted by Crippen LogP contribution is 2.28. The predicted molar refractivity (Wildman–Crippen MR) is 94.2 cm³/mol. The highest BCUT2D eigenvalue weighted by Gasteiger charge is 2.31. The number of rotatable bonds is 4. The molecule has 0 aromatic heterocycles. The molecule has 0 bridgehead atoms. The summed E-state index contributed by atoms with van der Waals surface area (Å²) in [6, 6.07) is 4.63. The van der Waals surface area contributed by atoms with Crippen LogP contribution in [0.5, 0.6) is 0 Å².